The number of hydrogen-bond acceptors (Lipinski definition) is 4. The molecule has 5 nitrogen and oxygen atoms in total. The molecule has 0 aliphatic carbocycles. The number of unbranched alkanes of at least 4 members (excludes halogenated alkanes) is 1. The average molecular weight is 375 g/mol. The molecule has 0 saturated carbocycles. The lowest BCUT2D eigenvalue weighted by Crippen LogP contribution is -2.34. The summed E-state index contributed by atoms with van der Waals surface area (Å²) in [5, 5.41) is 2.58. The Bertz CT molecular complexity index is 691. The van der Waals surface area contributed by atoms with Crippen molar-refractivity contribution in [1.82, 2.24) is 0 Å². The molecule has 3 N–H and O–H groups in total. The summed E-state index contributed by atoms with van der Waals surface area (Å²) in [6.07, 6.45) is -4.75. The van der Waals surface area contributed by atoms with Crippen LogP contribution < -0.4 is 11.1 Å². The molecule has 0 aromatic heterocycles. The van der Waals surface area contributed by atoms with E-state index in [9.17, 15) is 22.4 Å². The van der Waals surface area contributed by atoms with E-state index >= 15 is 0 Å². The number of carbonyl (C=O) groups excluding carboxylic acids is 1. The molecule has 1 aromatic rings. The van der Waals surface area contributed by atoms with Gasteiger partial charge in [-0.15, -0.1) is 0 Å². The highest BCUT2D eigenvalue weighted by molar-refractivity contribution is 5.90. The second-order valence-corrected chi connectivity index (χ2v) is 6.39. The first-order chi connectivity index (χ1) is 12.1. The highest BCUT2D eigenvalue weighted by Crippen LogP contribution is 2.35. The molecular weight excluding hydrogens is 354 g/mol. The minimum atomic E-state index is -4.22. The van der Waals surface area contributed by atoms with E-state index in [1.54, 1.807) is 6.92 Å². The van der Waals surface area contributed by atoms with Gasteiger partial charge in [0.2, 0.25) is 5.91 Å². The monoisotopic (exact) mass is 375 g/mol. The fourth-order valence-corrected chi connectivity index (χ4v) is 2.73. The number of anilines is 1. The first kappa shape index (κ1) is 20.0. The van der Waals surface area contributed by atoms with Gasteiger partial charge in [0.25, 0.3) is 6.02 Å². The first-order valence-corrected chi connectivity index (χ1v) is 8.24. The number of aliphatic imine (C=N–C) groups is 1. The third-order valence-corrected chi connectivity index (χ3v) is 4.14. The zero-order chi connectivity index (χ0) is 19.4. The fourth-order valence-electron chi connectivity index (χ4n) is 2.73. The van der Waals surface area contributed by atoms with Crippen LogP contribution in [0.1, 0.15) is 44.6 Å². The molecule has 144 valence electrons. The highest BCUT2D eigenvalue weighted by Gasteiger charge is 2.33. The Balaban J connectivity index is 2.01. The molecular formula is C17H21F4N3O2. The van der Waals surface area contributed by atoms with Gasteiger partial charge in [-0.25, -0.2) is 9.38 Å². The highest BCUT2D eigenvalue weighted by atomic mass is 19.4. The SMILES string of the molecule is C[C@@]1(c2cc(NC(=O)CCCCC(F)(F)F)ccc2F)CCOC(N)=N1. The summed E-state index contributed by atoms with van der Waals surface area (Å²) >= 11 is 0. The van der Waals surface area contributed by atoms with Crippen molar-refractivity contribution < 1.29 is 27.1 Å². The van der Waals surface area contributed by atoms with Crippen LogP contribution in [0, 0.1) is 5.82 Å². The molecule has 2 rings (SSSR count). The largest absolute Gasteiger partial charge is 0.465 e. The Hall–Kier alpha value is -2.32. The van der Waals surface area contributed by atoms with Crippen LogP contribution in [0.25, 0.3) is 0 Å². The van der Waals surface area contributed by atoms with E-state index < -0.39 is 29.9 Å². The maximum atomic E-state index is 14.3. The summed E-state index contributed by atoms with van der Waals surface area (Å²) in [5.41, 5.74) is 5.27. The van der Waals surface area contributed by atoms with Gasteiger partial charge < -0.3 is 15.8 Å². The molecule has 1 aliphatic rings. The van der Waals surface area contributed by atoms with Crippen molar-refractivity contribution >= 4 is 17.6 Å². The predicted molar refractivity (Wildman–Crippen MR) is 89.1 cm³/mol. The molecule has 1 aromatic carbocycles. The van der Waals surface area contributed by atoms with Gasteiger partial charge in [0.15, 0.2) is 0 Å². The van der Waals surface area contributed by atoms with E-state index in [1.807, 2.05) is 0 Å². The zero-order valence-electron chi connectivity index (χ0n) is 14.3. The molecule has 26 heavy (non-hydrogen) atoms. The van der Waals surface area contributed by atoms with Crippen molar-refractivity contribution in [3.05, 3.63) is 29.6 Å². The third-order valence-electron chi connectivity index (χ3n) is 4.14. The van der Waals surface area contributed by atoms with Gasteiger partial charge in [0, 0.05) is 30.5 Å². The van der Waals surface area contributed by atoms with Crippen LogP contribution in [-0.2, 0) is 15.1 Å². The fraction of sp³-hybridized carbons (Fsp3) is 0.529. The van der Waals surface area contributed by atoms with E-state index in [-0.39, 0.29) is 30.8 Å². The number of nitrogens with zero attached hydrogens (tertiary/aromatic N) is 1. The van der Waals surface area contributed by atoms with Crippen molar-refractivity contribution in [3.8, 4) is 0 Å². The lowest BCUT2D eigenvalue weighted by atomic mass is 9.88. The Morgan fingerprint density at radius 1 is 1.38 bits per heavy atom. The number of halogens is 4. The summed E-state index contributed by atoms with van der Waals surface area (Å²) in [6.45, 7) is 2.00. The minimum absolute atomic E-state index is 0.0303. The molecule has 0 fully saturated rings. The van der Waals surface area contributed by atoms with Crippen LogP contribution in [-0.4, -0.2) is 24.7 Å². The molecule has 0 radical (unpaired) electrons. The summed E-state index contributed by atoms with van der Waals surface area (Å²) in [6, 6.07) is 4.03. The third kappa shape index (κ3) is 5.60. The minimum Gasteiger partial charge on any atom is -0.465 e. The number of alkyl halides is 3. The summed E-state index contributed by atoms with van der Waals surface area (Å²) in [5.74, 6) is -0.918. The normalized spacial score (nSPS) is 20.3. The lowest BCUT2D eigenvalue weighted by molar-refractivity contribution is -0.136. The van der Waals surface area contributed by atoms with Crippen LogP contribution in [0.3, 0.4) is 0 Å². The van der Waals surface area contributed by atoms with E-state index in [0.29, 0.717) is 18.7 Å². The van der Waals surface area contributed by atoms with E-state index in [1.165, 1.54) is 18.2 Å². The van der Waals surface area contributed by atoms with Gasteiger partial charge in [-0.05, 0) is 38.0 Å². The molecule has 1 heterocycles. The maximum Gasteiger partial charge on any atom is 0.389 e. The molecule has 0 saturated heterocycles. The van der Waals surface area contributed by atoms with Crippen LogP contribution in [0.5, 0.6) is 0 Å². The van der Waals surface area contributed by atoms with Gasteiger partial charge in [0.05, 0.1) is 12.1 Å². The molecule has 9 heteroatoms. The van der Waals surface area contributed by atoms with Gasteiger partial charge in [-0.3, -0.25) is 4.79 Å². The Morgan fingerprint density at radius 2 is 2.12 bits per heavy atom. The smallest absolute Gasteiger partial charge is 0.389 e. The summed E-state index contributed by atoms with van der Waals surface area (Å²) in [4.78, 5) is 16.0. The van der Waals surface area contributed by atoms with Crippen molar-refractivity contribution in [2.45, 2.75) is 50.7 Å². The molecule has 1 amide bonds. The Labute approximate surface area is 148 Å². The van der Waals surface area contributed by atoms with Gasteiger partial charge in [0.1, 0.15) is 5.82 Å². The maximum absolute atomic E-state index is 14.3. The molecule has 0 spiro atoms. The second kappa shape index (κ2) is 7.92. The number of ether oxygens (including phenoxy) is 1. The zero-order valence-corrected chi connectivity index (χ0v) is 14.3. The van der Waals surface area contributed by atoms with E-state index in [2.05, 4.69) is 10.3 Å². The first-order valence-electron chi connectivity index (χ1n) is 8.24. The second-order valence-electron chi connectivity index (χ2n) is 6.39. The van der Waals surface area contributed by atoms with Crippen LogP contribution >= 0.6 is 0 Å². The average Bonchev–Trinajstić information content (AvgIpc) is 2.52. The van der Waals surface area contributed by atoms with Crippen molar-refractivity contribution in [1.29, 1.82) is 0 Å². The topological polar surface area (TPSA) is 76.7 Å². The molecule has 0 unspecified atom stereocenters. The predicted octanol–water partition coefficient (Wildman–Crippen LogP) is 3.84. The quantitative estimate of drug-likeness (QED) is 0.586. The number of benzene rings is 1. The van der Waals surface area contributed by atoms with E-state index in [0.717, 1.165) is 0 Å². The number of nitrogens with one attached hydrogen (secondary N) is 1. The van der Waals surface area contributed by atoms with E-state index in [4.69, 9.17) is 10.5 Å². The standard InChI is InChI=1S/C17H21F4N3O2/c1-16(8-9-26-15(22)24-16)12-10-11(5-6-13(12)18)23-14(25)4-2-3-7-17(19,20)21/h5-6,10H,2-4,7-9H2,1H3,(H2,22,24)(H,23,25)/t16-/m0/s1. The van der Waals surface area contributed by atoms with Crippen LogP contribution in [0.4, 0.5) is 23.2 Å². The van der Waals surface area contributed by atoms with Crippen molar-refractivity contribution in [2.24, 2.45) is 10.7 Å². The van der Waals surface area contributed by atoms with Gasteiger partial charge in [-0.2, -0.15) is 13.2 Å². The number of amidine groups is 1. The lowest BCUT2D eigenvalue weighted by Gasteiger charge is -2.30. The van der Waals surface area contributed by atoms with Gasteiger partial charge in [-0.1, -0.05) is 0 Å². The number of nitrogens with two attached hydrogens (primary N) is 1. The van der Waals surface area contributed by atoms with Crippen LogP contribution in [0.15, 0.2) is 23.2 Å². The van der Waals surface area contributed by atoms with Gasteiger partial charge >= 0.3 is 6.18 Å². The molecule has 0 bridgehead atoms. The summed E-state index contributed by atoms with van der Waals surface area (Å²) in [7, 11) is 0. The van der Waals surface area contributed by atoms with Crippen molar-refractivity contribution in [2.75, 3.05) is 11.9 Å². The van der Waals surface area contributed by atoms with Crippen LogP contribution in [0.2, 0.25) is 0 Å². The molecule has 1 aliphatic heterocycles. The van der Waals surface area contributed by atoms with Crippen molar-refractivity contribution in [3.63, 3.8) is 0 Å². The number of rotatable bonds is 6. The summed E-state index contributed by atoms with van der Waals surface area (Å²) < 4.78 is 55.6. The number of hydrogen-bond donors (Lipinski definition) is 2. The molecule has 1 atom stereocenters. The Kier molecular flexibility index (Phi) is 6.09. The number of amides is 1. The number of carbonyl (C=O) groups is 1. The Morgan fingerprint density at radius 3 is 2.77 bits per heavy atom.